The van der Waals surface area contributed by atoms with Crippen LogP contribution in [0.2, 0.25) is 0 Å². The van der Waals surface area contributed by atoms with Gasteiger partial charge in [-0.3, -0.25) is 0 Å². The summed E-state index contributed by atoms with van der Waals surface area (Å²) >= 11 is 0. The van der Waals surface area contributed by atoms with Crippen molar-refractivity contribution in [2.75, 3.05) is 14.2 Å². The van der Waals surface area contributed by atoms with E-state index in [9.17, 15) is 0 Å². The first-order valence-electron chi connectivity index (χ1n) is 5.41. The van der Waals surface area contributed by atoms with Gasteiger partial charge in [0.2, 0.25) is 0 Å². The summed E-state index contributed by atoms with van der Waals surface area (Å²) in [7, 11) is 3.70. The summed E-state index contributed by atoms with van der Waals surface area (Å²) in [5.74, 6) is 0.964. The van der Waals surface area contributed by atoms with E-state index in [2.05, 4.69) is 10.3 Å². The number of rotatable bonds is 5. The van der Waals surface area contributed by atoms with Crippen LogP contribution in [0.25, 0.3) is 0 Å². The summed E-state index contributed by atoms with van der Waals surface area (Å²) in [5, 5.41) is 3.09. The smallest absolute Gasteiger partial charge is 0.181 e. The molecule has 1 aliphatic carbocycles. The van der Waals surface area contributed by atoms with E-state index in [1.165, 1.54) is 12.8 Å². The molecule has 0 bridgehead atoms. The molecule has 0 radical (unpaired) electrons. The quantitative estimate of drug-likeness (QED) is 0.800. The van der Waals surface area contributed by atoms with Crippen LogP contribution in [0, 0.1) is 0 Å². The lowest BCUT2D eigenvalue weighted by molar-refractivity contribution is -0.0739. The zero-order valence-electron chi connectivity index (χ0n) is 9.38. The molecular formula is C11H18N2O2. The Labute approximate surface area is 90.0 Å². The Kier molecular flexibility index (Phi) is 3.07. The molecule has 0 atom stereocenters. The van der Waals surface area contributed by atoms with Crippen molar-refractivity contribution in [3.63, 3.8) is 0 Å². The first-order valence-corrected chi connectivity index (χ1v) is 5.41. The van der Waals surface area contributed by atoms with Gasteiger partial charge in [0.15, 0.2) is 6.39 Å². The highest BCUT2D eigenvalue weighted by atomic mass is 16.5. The van der Waals surface area contributed by atoms with Crippen LogP contribution in [0.3, 0.4) is 0 Å². The second-order valence-corrected chi connectivity index (χ2v) is 4.17. The molecule has 1 aromatic rings. The number of hydrogen-bond acceptors (Lipinski definition) is 4. The minimum atomic E-state index is 0.0159. The Morgan fingerprint density at radius 3 is 2.93 bits per heavy atom. The number of hydrogen-bond donors (Lipinski definition) is 1. The molecule has 0 amide bonds. The third-order valence-corrected chi connectivity index (χ3v) is 3.25. The van der Waals surface area contributed by atoms with Gasteiger partial charge >= 0.3 is 0 Å². The molecule has 1 fully saturated rings. The lowest BCUT2D eigenvalue weighted by Crippen LogP contribution is -2.41. The van der Waals surface area contributed by atoms with Crippen molar-refractivity contribution in [1.29, 1.82) is 0 Å². The van der Waals surface area contributed by atoms with Crippen LogP contribution < -0.4 is 5.32 Å². The minimum Gasteiger partial charge on any atom is -0.448 e. The fraction of sp³-hybridized carbons (Fsp3) is 0.727. The van der Waals surface area contributed by atoms with Gasteiger partial charge < -0.3 is 14.5 Å². The zero-order chi connectivity index (χ0) is 10.7. The van der Waals surface area contributed by atoms with Crippen LogP contribution in [0.1, 0.15) is 30.7 Å². The molecule has 0 aromatic carbocycles. The molecule has 1 N–H and O–H groups in total. The van der Waals surface area contributed by atoms with Gasteiger partial charge in [-0.25, -0.2) is 4.98 Å². The third kappa shape index (κ3) is 2.06. The summed E-state index contributed by atoms with van der Waals surface area (Å²) in [5.41, 5.74) is 1.02. The predicted octanol–water partition coefficient (Wildman–Crippen LogP) is 1.51. The number of ether oxygens (including phenoxy) is 1. The van der Waals surface area contributed by atoms with Gasteiger partial charge in [0, 0.05) is 20.1 Å². The first kappa shape index (κ1) is 10.6. The van der Waals surface area contributed by atoms with E-state index in [1.807, 2.05) is 7.05 Å². The standard InChI is InChI=1S/C11H18N2O2/c1-12-7-9-10(15-8-13-9)6-11(14-2)4-3-5-11/h8,12H,3-7H2,1-2H3. The van der Waals surface area contributed by atoms with Crippen LogP contribution in [-0.4, -0.2) is 24.7 Å². The Bertz CT molecular complexity index is 313. The SMILES string of the molecule is CNCc1ncoc1CC1(OC)CCC1. The summed E-state index contributed by atoms with van der Waals surface area (Å²) in [6.45, 7) is 0.756. The molecule has 1 saturated carbocycles. The zero-order valence-corrected chi connectivity index (χ0v) is 9.38. The molecule has 0 spiro atoms. The van der Waals surface area contributed by atoms with Crippen molar-refractivity contribution < 1.29 is 9.15 Å². The van der Waals surface area contributed by atoms with Crippen LogP contribution in [-0.2, 0) is 17.7 Å². The first-order chi connectivity index (χ1) is 7.29. The monoisotopic (exact) mass is 210 g/mol. The van der Waals surface area contributed by atoms with Crippen LogP contribution in [0.5, 0.6) is 0 Å². The van der Waals surface area contributed by atoms with Crippen molar-refractivity contribution >= 4 is 0 Å². The Balaban J connectivity index is 2.06. The largest absolute Gasteiger partial charge is 0.448 e. The molecule has 84 valence electrons. The fourth-order valence-corrected chi connectivity index (χ4v) is 2.07. The normalized spacial score (nSPS) is 18.8. The van der Waals surface area contributed by atoms with E-state index in [-0.39, 0.29) is 5.60 Å². The summed E-state index contributed by atoms with van der Waals surface area (Å²) in [6.07, 6.45) is 5.88. The molecule has 15 heavy (non-hydrogen) atoms. The van der Waals surface area contributed by atoms with Crippen molar-refractivity contribution in [2.24, 2.45) is 0 Å². The van der Waals surface area contributed by atoms with E-state index in [0.717, 1.165) is 37.3 Å². The summed E-state index contributed by atoms with van der Waals surface area (Å²) in [4.78, 5) is 4.20. The maximum absolute atomic E-state index is 5.57. The van der Waals surface area contributed by atoms with E-state index in [0.29, 0.717) is 0 Å². The molecule has 1 aromatic heterocycles. The average molecular weight is 210 g/mol. The Morgan fingerprint density at radius 1 is 1.60 bits per heavy atom. The highest BCUT2D eigenvalue weighted by Gasteiger charge is 2.38. The van der Waals surface area contributed by atoms with Crippen LogP contribution in [0.15, 0.2) is 10.8 Å². The van der Waals surface area contributed by atoms with Gasteiger partial charge in [0.1, 0.15) is 5.76 Å². The second-order valence-electron chi connectivity index (χ2n) is 4.17. The van der Waals surface area contributed by atoms with Gasteiger partial charge in [0.05, 0.1) is 11.3 Å². The number of aromatic nitrogens is 1. The fourth-order valence-electron chi connectivity index (χ4n) is 2.07. The molecule has 4 nitrogen and oxygen atoms in total. The number of oxazole rings is 1. The van der Waals surface area contributed by atoms with E-state index >= 15 is 0 Å². The van der Waals surface area contributed by atoms with Crippen molar-refractivity contribution in [2.45, 2.75) is 37.8 Å². The molecule has 1 heterocycles. The maximum Gasteiger partial charge on any atom is 0.181 e. The number of nitrogens with one attached hydrogen (secondary N) is 1. The summed E-state index contributed by atoms with van der Waals surface area (Å²) < 4.78 is 11.0. The topological polar surface area (TPSA) is 47.3 Å². The Hall–Kier alpha value is -0.870. The molecule has 0 saturated heterocycles. The minimum absolute atomic E-state index is 0.0159. The number of nitrogens with zero attached hydrogens (tertiary/aromatic N) is 1. The van der Waals surface area contributed by atoms with E-state index in [1.54, 1.807) is 7.11 Å². The molecule has 2 rings (SSSR count). The molecule has 0 unspecified atom stereocenters. The lowest BCUT2D eigenvalue weighted by Gasteiger charge is -2.40. The van der Waals surface area contributed by atoms with E-state index < -0.39 is 0 Å². The predicted molar refractivity (Wildman–Crippen MR) is 56.6 cm³/mol. The van der Waals surface area contributed by atoms with E-state index in [4.69, 9.17) is 9.15 Å². The van der Waals surface area contributed by atoms with Gasteiger partial charge in [-0.05, 0) is 26.3 Å². The third-order valence-electron chi connectivity index (χ3n) is 3.25. The van der Waals surface area contributed by atoms with Gasteiger partial charge in [-0.2, -0.15) is 0 Å². The van der Waals surface area contributed by atoms with Crippen molar-refractivity contribution in [3.8, 4) is 0 Å². The molecule has 4 heteroatoms. The summed E-state index contributed by atoms with van der Waals surface area (Å²) in [6, 6.07) is 0. The van der Waals surface area contributed by atoms with Crippen LogP contribution >= 0.6 is 0 Å². The average Bonchev–Trinajstić information content (AvgIpc) is 2.60. The lowest BCUT2D eigenvalue weighted by atomic mass is 9.77. The van der Waals surface area contributed by atoms with Crippen LogP contribution in [0.4, 0.5) is 0 Å². The van der Waals surface area contributed by atoms with Gasteiger partial charge in [-0.15, -0.1) is 0 Å². The molecule has 0 aliphatic heterocycles. The molecule has 1 aliphatic rings. The maximum atomic E-state index is 5.57. The highest BCUT2D eigenvalue weighted by molar-refractivity contribution is 5.12. The van der Waals surface area contributed by atoms with Crippen molar-refractivity contribution in [3.05, 3.63) is 17.8 Å². The van der Waals surface area contributed by atoms with Gasteiger partial charge in [0.25, 0.3) is 0 Å². The highest BCUT2D eigenvalue weighted by Crippen LogP contribution is 2.38. The second kappa shape index (κ2) is 4.33. The van der Waals surface area contributed by atoms with Gasteiger partial charge in [-0.1, -0.05) is 0 Å². The Morgan fingerprint density at radius 2 is 2.40 bits per heavy atom. The molecular weight excluding hydrogens is 192 g/mol. The van der Waals surface area contributed by atoms with Crippen molar-refractivity contribution in [1.82, 2.24) is 10.3 Å². The number of methoxy groups -OCH3 is 1.